The Kier molecular flexibility index (Phi) is 4.20. The molecule has 0 aliphatic carbocycles. The highest BCUT2D eigenvalue weighted by atomic mass is 35.5. The first-order valence-electron chi connectivity index (χ1n) is 3.91. The van der Waals surface area contributed by atoms with Gasteiger partial charge in [0, 0.05) is 12.9 Å². The summed E-state index contributed by atoms with van der Waals surface area (Å²) in [5.41, 5.74) is 4.30. The molecular formula is C8H15ClN2O2. The fraction of sp³-hybridized carbons (Fsp3) is 0.750. The van der Waals surface area contributed by atoms with Crippen LogP contribution in [0.25, 0.3) is 0 Å². The van der Waals surface area contributed by atoms with Crippen molar-refractivity contribution < 1.29 is 9.59 Å². The molecule has 5 heteroatoms. The van der Waals surface area contributed by atoms with Crippen LogP contribution in [0.2, 0.25) is 0 Å². The van der Waals surface area contributed by atoms with E-state index in [-0.39, 0.29) is 18.3 Å². The summed E-state index contributed by atoms with van der Waals surface area (Å²) < 4.78 is 0. The van der Waals surface area contributed by atoms with Gasteiger partial charge in [0.05, 0.1) is 12.0 Å². The molecule has 2 amide bonds. The largest absolute Gasteiger partial charge is 0.368 e. The van der Waals surface area contributed by atoms with Crippen LogP contribution < -0.4 is 5.73 Å². The molecule has 0 bridgehead atoms. The molecule has 76 valence electrons. The number of rotatable bonds is 4. The third kappa shape index (κ3) is 3.63. The van der Waals surface area contributed by atoms with Gasteiger partial charge in [-0.1, -0.05) is 0 Å². The molecule has 0 fully saturated rings. The van der Waals surface area contributed by atoms with Gasteiger partial charge >= 0.3 is 0 Å². The third-order valence-corrected chi connectivity index (χ3v) is 2.32. The number of nitrogens with zero attached hydrogens (tertiary/aromatic N) is 1. The second-order valence-corrected chi connectivity index (χ2v) is 3.91. The summed E-state index contributed by atoms with van der Waals surface area (Å²) in [6, 6.07) is 0. The fourth-order valence-corrected chi connectivity index (χ4v) is 0.994. The zero-order chi connectivity index (χ0) is 10.6. The SMILES string of the molecule is CN(CC(N)=O)C(=O)C(C)(C)CCl. The zero-order valence-corrected chi connectivity index (χ0v) is 8.89. The third-order valence-electron chi connectivity index (χ3n) is 1.65. The molecule has 0 aromatic carbocycles. The van der Waals surface area contributed by atoms with Crippen molar-refractivity contribution in [3.05, 3.63) is 0 Å². The van der Waals surface area contributed by atoms with Gasteiger partial charge in [0.15, 0.2) is 0 Å². The topological polar surface area (TPSA) is 63.4 Å². The van der Waals surface area contributed by atoms with Crippen LogP contribution in [-0.2, 0) is 9.59 Å². The maximum Gasteiger partial charge on any atom is 0.237 e. The number of primary amides is 1. The van der Waals surface area contributed by atoms with Gasteiger partial charge in [0.2, 0.25) is 11.8 Å². The lowest BCUT2D eigenvalue weighted by atomic mass is 9.94. The molecule has 2 N–H and O–H groups in total. The highest BCUT2D eigenvalue weighted by Gasteiger charge is 2.29. The van der Waals surface area contributed by atoms with Gasteiger partial charge in [-0.15, -0.1) is 11.6 Å². The van der Waals surface area contributed by atoms with Crippen LogP contribution in [-0.4, -0.2) is 36.2 Å². The number of halogens is 1. The number of carbonyl (C=O) groups is 2. The number of carbonyl (C=O) groups excluding carboxylic acids is 2. The number of likely N-dealkylation sites (N-methyl/N-ethyl adjacent to an activating group) is 1. The predicted octanol–water partition coefficient (Wildman–Crippen LogP) is 0.195. The summed E-state index contributed by atoms with van der Waals surface area (Å²) in [7, 11) is 1.53. The molecule has 0 saturated heterocycles. The maximum absolute atomic E-state index is 11.6. The van der Waals surface area contributed by atoms with E-state index in [1.165, 1.54) is 11.9 Å². The molecule has 0 saturated carbocycles. The normalized spacial score (nSPS) is 11.1. The Bertz CT molecular complexity index is 216. The van der Waals surface area contributed by atoms with Crippen LogP contribution in [0, 0.1) is 5.41 Å². The molecule has 0 rings (SSSR count). The number of hydrogen-bond donors (Lipinski definition) is 1. The predicted molar refractivity (Wildman–Crippen MR) is 51.3 cm³/mol. The lowest BCUT2D eigenvalue weighted by Crippen LogP contribution is -2.43. The van der Waals surface area contributed by atoms with E-state index in [2.05, 4.69) is 0 Å². The molecule has 4 nitrogen and oxygen atoms in total. The van der Waals surface area contributed by atoms with Crippen LogP contribution in [0.4, 0.5) is 0 Å². The van der Waals surface area contributed by atoms with Crippen molar-refractivity contribution in [3.8, 4) is 0 Å². The first-order valence-corrected chi connectivity index (χ1v) is 4.44. The first-order chi connectivity index (χ1) is 5.81. The Morgan fingerprint density at radius 2 is 1.92 bits per heavy atom. The van der Waals surface area contributed by atoms with E-state index in [4.69, 9.17) is 17.3 Å². The van der Waals surface area contributed by atoms with Crippen LogP contribution in [0.15, 0.2) is 0 Å². The first kappa shape index (κ1) is 12.2. The van der Waals surface area contributed by atoms with E-state index in [1.807, 2.05) is 0 Å². The minimum Gasteiger partial charge on any atom is -0.368 e. The van der Waals surface area contributed by atoms with Crippen LogP contribution in [0.5, 0.6) is 0 Å². The van der Waals surface area contributed by atoms with E-state index in [1.54, 1.807) is 13.8 Å². The average Bonchev–Trinajstić information content (AvgIpc) is 2.01. The van der Waals surface area contributed by atoms with Gasteiger partial charge in [-0.05, 0) is 13.8 Å². The Morgan fingerprint density at radius 1 is 1.46 bits per heavy atom. The summed E-state index contributed by atoms with van der Waals surface area (Å²) in [5.74, 6) is -0.489. The number of hydrogen-bond acceptors (Lipinski definition) is 2. The van der Waals surface area contributed by atoms with Gasteiger partial charge in [-0.2, -0.15) is 0 Å². The van der Waals surface area contributed by atoms with Crippen molar-refractivity contribution in [1.29, 1.82) is 0 Å². The quantitative estimate of drug-likeness (QED) is 0.668. The summed E-state index contributed by atoms with van der Waals surface area (Å²) in [4.78, 5) is 23.4. The maximum atomic E-state index is 11.6. The highest BCUT2D eigenvalue weighted by molar-refractivity contribution is 6.19. The van der Waals surface area contributed by atoms with Crippen molar-refractivity contribution >= 4 is 23.4 Å². The molecular weight excluding hydrogens is 192 g/mol. The van der Waals surface area contributed by atoms with Crippen LogP contribution >= 0.6 is 11.6 Å². The van der Waals surface area contributed by atoms with Gasteiger partial charge in [0.1, 0.15) is 0 Å². The molecule has 0 unspecified atom stereocenters. The minimum atomic E-state index is -0.647. The second-order valence-electron chi connectivity index (χ2n) is 3.65. The van der Waals surface area contributed by atoms with E-state index >= 15 is 0 Å². The van der Waals surface area contributed by atoms with E-state index in [0.717, 1.165) is 0 Å². The Morgan fingerprint density at radius 3 is 2.23 bits per heavy atom. The minimum absolute atomic E-state index is 0.0703. The zero-order valence-electron chi connectivity index (χ0n) is 8.13. The van der Waals surface area contributed by atoms with Crippen molar-refractivity contribution in [2.24, 2.45) is 11.1 Å². The smallest absolute Gasteiger partial charge is 0.237 e. The van der Waals surface area contributed by atoms with Crippen LogP contribution in [0.3, 0.4) is 0 Å². The van der Waals surface area contributed by atoms with Crippen molar-refractivity contribution in [1.82, 2.24) is 4.90 Å². The van der Waals surface area contributed by atoms with E-state index in [0.29, 0.717) is 0 Å². The van der Waals surface area contributed by atoms with Gasteiger partial charge in [-0.3, -0.25) is 9.59 Å². The van der Waals surface area contributed by atoms with E-state index in [9.17, 15) is 9.59 Å². The molecule has 0 aromatic rings. The standard InChI is InChI=1S/C8H15ClN2O2/c1-8(2,5-9)7(13)11(3)4-6(10)12/h4-5H2,1-3H3,(H2,10,12). The Hall–Kier alpha value is -0.770. The van der Waals surface area contributed by atoms with Gasteiger partial charge < -0.3 is 10.6 Å². The summed E-state index contributed by atoms with van der Waals surface area (Å²) in [6.45, 7) is 3.37. The van der Waals surface area contributed by atoms with Crippen molar-refractivity contribution in [3.63, 3.8) is 0 Å². The van der Waals surface area contributed by atoms with Gasteiger partial charge in [0.25, 0.3) is 0 Å². The van der Waals surface area contributed by atoms with Crippen LogP contribution in [0.1, 0.15) is 13.8 Å². The molecule has 0 aliphatic heterocycles. The van der Waals surface area contributed by atoms with Crippen molar-refractivity contribution in [2.45, 2.75) is 13.8 Å². The molecule has 0 radical (unpaired) electrons. The average molecular weight is 207 g/mol. The molecule has 0 heterocycles. The molecule has 0 aromatic heterocycles. The lowest BCUT2D eigenvalue weighted by Gasteiger charge is -2.26. The molecule has 0 spiro atoms. The lowest BCUT2D eigenvalue weighted by molar-refractivity contribution is -0.140. The highest BCUT2D eigenvalue weighted by Crippen LogP contribution is 2.19. The summed E-state index contributed by atoms with van der Waals surface area (Å²) >= 11 is 5.61. The fourth-order valence-electron chi connectivity index (χ4n) is 0.879. The monoisotopic (exact) mass is 206 g/mol. The summed E-state index contributed by atoms with van der Waals surface area (Å²) in [5, 5.41) is 0. The molecule has 0 aliphatic rings. The molecule has 13 heavy (non-hydrogen) atoms. The Balaban J connectivity index is 4.34. The number of amides is 2. The van der Waals surface area contributed by atoms with E-state index < -0.39 is 11.3 Å². The second kappa shape index (κ2) is 4.46. The molecule has 0 atom stereocenters. The Labute approximate surface area is 83.0 Å². The van der Waals surface area contributed by atoms with Crippen molar-refractivity contribution in [2.75, 3.05) is 19.5 Å². The summed E-state index contributed by atoms with van der Waals surface area (Å²) in [6.07, 6.45) is 0. The van der Waals surface area contributed by atoms with Gasteiger partial charge in [-0.25, -0.2) is 0 Å². The number of alkyl halides is 1. The number of nitrogens with two attached hydrogens (primary N) is 1.